The average molecular weight is 383 g/mol. The molecule has 7 nitrogen and oxygen atoms in total. The van der Waals surface area contributed by atoms with E-state index >= 15 is 0 Å². The molecule has 1 N–H and O–H groups in total. The van der Waals surface area contributed by atoms with Crippen LogP contribution in [0, 0.1) is 6.92 Å². The summed E-state index contributed by atoms with van der Waals surface area (Å²) in [5, 5.41) is 3.42. The van der Waals surface area contributed by atoms with Crippen LogP contribution in [0.1, 0.15) is 23.0 Å². The number of aryl methyl sites for hydroxylation is 1. The van der Waals surface area contributed by atoms with Gasteiger partial charge in [-0.2, -0.15) is 0 Å². The fourth-order valence-corrected chi connectivity index (χ4v) is 2.76. The van der Waals surface area contributed by atoms with Crippen molar-refractivity contribution >= 4 is 28.5 Å². The highest BCUT2D eigenvalue weighted by Gasteiger charge is 2.20. The number of carbonyl (C=O) groups excluding carboxylic acids is 2. The fourth-order valence-electron chi connectivity index (χ4n) is 2.76. The summed E-state index contributed by atoms with van der Waals surface area (Å²) in [5.74, 6) is 0.0815. The van der Waals surface area contributed by atoms with E-state index in [4.69, 9.17) is 18.6 Å². The van der Waals surface area contributed by atoms with Gasteiger partial charge in [-0.1, -0.05) is 12.1 Å². The minimum absolute atomic E-state index is 0.0609. The number of benzene rings is 2. The second kappa shape index (κ2) is 8.47. The standard InChI is InChI=1S/C21H21NO6/c1-4-26-18-8-6-5-7-16(18)22-19(23)12-27-21(24)20-13(2)15-11-14(25-3)9-10-17(15)28-20/h5-11H,4,12H2,1-3H3,(H,22,23). The average Bonchev–Trinajstić information content (AvgIpc) is 3.04. The maximum atomic E-state index is 12.4. The molecule has 0 aliphatic rings. The Hall–Kier alpha value is -3.48. The lowest BCUT2D eigenvalue weighted by Crippen LogP contribution is -2.21. The van der Waals surface area contributed by atoms with Crippen molar-refractivity contribution in [2.24, 2.45) is 0 Å². The predicted octanol–water partition coefficient (Wildman–Crippen LogP) is 3.94. The number of carbonyl (C=O) groups is 2. The van der Waals surface area contributed by atoms with Crippen LogP contribution < -0.4 is 14.8 Å². The zero-order chi connectivity index (χ0) is 20.1. The van der Waals surface area contributed by atoms with Crippen molar-refractivity contribution in [3.05, 3.63) is 53.8 Å². The lowest BCUT2D eigenvalue weighted by molar-refractivity contribution is -0.119. The van der Waals surface area contributed by atoms with Crippen LogP contribution in [-0.4, -0.2) is 32.2 Å². The van der Waals surface area contributed by atoms with Crippen molar-refractivity contribution in [2.45, 2.75) is 13.8 Å². The second-order valence-corrected chi connectivity index (χ2v) is 5.97. The number of hydrogen-bond donors (Lipinski definition) is 1. The Labute approximate surface area is 162 Å². The number of furan rings is 1. The van der Waals surface area contributed by atoms with Gasteiger partial charge in [0, 0.05) is 10.9 Å². The molecule has 0 atom stereocenters. The molecule has 146 valence electrons. The zero-order valence-corrected chi connectivity index (χ0v) is 15.9. The Bertz CT molecular complexity index is 1010. The van der Waals surface area contributed by atoms with E-state index in [0.717, 1.165) is 5.39 Å². The van der Waals surface area contributed by atoms with Gasteiger partial charge in [0.25, 0.3) is 5.91 Å². The number of esters is 1. The molecule has 7 heteroatoms. The first-order chi connectivity index (χ1) is 13.5. The van der Waals surface area contributed by atoms with E-state index in [9.17, 15) is 9.59 Å². The van der Waals surface area contributed by atoms with Crippen LogP contribution in [0.4, 0.5) is 5.69 Å². The SMILES string of the molecule is CCOc1ccccc1NC(=O)COC(=O)c1oc2ccc(OC)cc2c1C. The highest BCUT2D eigenvalue weighted by molar-refractivity contribution is 5.98. The maximum Gasteiger partial charge on any atom is 0.375 e. The number of para-hydroxylation sites is 2. The Balaban J connectivity index is 1.66. The van der Waals surface area contributed by atoms with Crippen LogP contribution in [0.3, 0.4) is 0 Å². The third kappa shape index (κ3) is 4.09. The lowest BCUT2D eigenvalue weighted by atomic mass is 10.1. The molecule has 2 aromatic carbocycles. The Morgan fingerprint density at radius 1 is 1.14 bits per heavy atom. The molecule has 28 heavy (non-hydrogen) atoms. The van der Waals surface area contributed by atoms with Gasteiger partial charge in [0.2, 0.25) is 5.76 Å². The normalized spacial score (nSPS) is 10.5. The molecule has 3 aromatic rings. The van der Waals surface area contributed by atoms with Crippen LogP contribution in [0.15, 0.2) is 46.9 Å². The van der Waals surface area contributed by atoms with Gasteiger partial charge in [-0.15, -0.1) is 0 Å². The van der Waals surface area contributed by atoms with Gasteiger partial charge in [-0.25, -0.2) is 4.79 Å². The number of fused-ring (bicyclic) bond motifs is 1. The topological polar surface area (TPSA) is 87.0 Å². The Kier molecular flexibility index (Phi) is 5.84. The first-order valence-corrected chi connectivity index (χ1v) is 8.79. The number of rotatable bonds is 7. The van der Waals surface area contributed by atoms with Crippen LogP contribution in [0.5, 0.6) is 11.5 Å². The number of methoxy groups -OCH3 is 1. The molecule has 0 radical (unpaired) electrons. The molecule has 0 fully saturated rings. The molecule has 0 bridgehead atoms. The van der Waals surface area contributed by atoms with E-state index in [-0.39, 0.29) is 5.76 Å². The highest BCUT2D eigenvalue weighted by atomic mass is 16.5. The third-order valence-electron chi connectivity index (χ3n) is 4.12. The van der Waals surface area contributed by atoms with Gasteiger partial charge in [-0.3, -0.25) is 4.79 Å². The summed E-state index contributed by atoms with van der Waals surface area (Å²) in [5.41, 5.74) is 1.68. The third-order valence-corrected chi connectivity index (χ3v) is 4.12. The Morgan fingerprint density at radius 3 is 2.68 bits per heavy atom. The monoisotopic (exact) mass is 383 g/mol. The van der Waals surface area contributed by atoms with E-state index in [1.54, 1.807) is 56.5 Å². The van der Waals surface area contributed by atoms with Crippen molar-refractivity contribution in [1.82, 2.24) is 0 Å². The molecule has 0 aliphatic heterocycles. The van der Waals surface area contributed by atoms with Crippen LogP contribution >= 0.6 is 0 Å². The molecule has 1 heterocycles. The summed E-state index contributed by atoms with van der Waals surface area (Å²) in [6, 6.07) is 12.3. The predicted molar refractivity (Wildman–Crippen MR) is 104 cm³/mol. The van der Waals surface area contributed by atoms with Gasteiger partial charge in [0.15, 0.2) is 6.61 Å². The first kappa shape index (κ1) is 19.3. The molecule has 0 saturated carbocycles. The van der Waals surface area contributed by atoms with Gasteiger partial charge in [-0.05, 0) is 44.2 Å². The van der Waals surface area contributed by atoms with Crippen LogP contribution in [-0.2, 0) is 9.53 Å². The zero-order valence-electron chi connectivity index (χ0n) is 15.9. The smallest absolute Gasteiger partial charge is 0.375 e. The maximum absolute atomic E-state index is 12.4. The van der Waals surface area contributed by atoms with Crippen molar-refractivity contribution in [2.75, 3.05) is 25.6 Å². The second-order valence-electron chi connectivity index (χ2n) is 5.97. The van der Waals surface area contributed by atoms with E-state index in [1.807, 2.05) is 6.92 Å². The molecule has 1 aromatic heterocycles. The number of nitrogens with one attached hydrogen (secondary N) is 1. The van der Waals surface area contributed by atoms with Crippen molar-refractivity contribution in [3.8, 4) is 11.5 Å². The summed E-state index contributed by atoms with van der Waals surface area (Å²) >= 11 is 0. The molecular formula is C21H21NO6. The Morgan fingerprint density at radius 2 is 1.93 bits per heavy atom. The lowest BCUT2D eigenvalue weighted by Gasteiger charge is -2.11. The summed E-state index contributed by atoms with van der Waals surface area (Å²) in [4.78, 5) is 24.5. The number of ether oxygens (including phenoxy) is 3. The minimum Gasteiger partial charge on any atom is -0.497 e. The quantitative estimate of drug-likeness (QED) is 0.622. The van der Waals surface area contributed by atoms with Crippen LogP contribution in [0.25, 0.3) is 11.0 Å². The number of hydrogen-bond acceptors (Lipinski definition) is 6. The van der Waals surface area contributed by atoms with Crippen LogP contribution in [0.2, 0.25) is 0 Å². The van der Waals surface area contributed by atoms with Crippen molar-refractivity contribution in [3.63, 3.8) is 0 Å². The molecular weight excluding hydrogens is 362 g/mol. The van der Waals surface area contributed by atoms with Gasteiger partial charge in [0.05, 0.1) is 19.4 Å². The minimum atomic E-state index is -0.707. The molecule has 0 aliphatic carbocycles. The summed E-state index contributed by atoms with van der Waals surface area (Å²) in [6.45, 7) is 3.63. The van der Waals surface area contributed by atoms with Crippen molar-refractivity contribution < 1.29 is 28.2 Å². The summed E-state index contributed by atoms with van der Waals surface area (Å²) in [7, 11) is 1.56. The van der Waals surface area contributed by atoms with E-state index in [0.29, 0.717) is 34.9 Å². The summed E-state index contributed by atoms with van der Waals surface area (Å²) in [6.07, 6.45) is 0. The molecule has 0 spiro atoms. The largest absolute Gasteiger partial charge is 0.497 e. The summed E-state index contributed by atoms with van der Waals surface area (Å²) < 4.78 is 21.3. The van der Waals surface area contributed by atoms with E-state index < -0.39 is 18.5 Å². The highest BCUT2D eigenvalue weighted by Crippen LogP contribution is 2.29. The number of anilines is 1. The first-order valence-electron chi connectivity index (χ1n) is 8.79. The molecule has 0 unspecified atom stereocenters. The molecule has 0 saturated heterocycles. The molecule has 1 amide bonds. The van der Waals surface area contributed by atoms with Gasteiger partial charge >= 0.3 is 5.97 Å². The van der Waals surface area contributed by atoms with Crippen molar-refractivity contribution in [1.29, 1.82) is 0 Å². The van der Waals surface area contributed by atoms with Gasteiger partial charge < -0.3 is 23.9 Å². The molecule has 3 rings (SSSR count). The van der Waals surface area contributed by atoms with E-state index in [2.05, 4.69) is 5.32 Å². The fraction of sp³-hybridized carbons (Fsp3) is 0.238. The number of amides is 1. The van der Waals surface area contributed by atoms with E-state index in [1.165, 1.54) is 0 Å². The van der Waals surface area contributed by atoms with Gasteiger partial charge in [0.1, 0.15) is 17.1 Å².